The predicted molar refractivity (Wildman–Crippen MR) is 75.3 cm³/mol. The van der Waals surface area contributed by atoms with E-state index in [1.54, 1.807) is 0 Å². The van der Waals surface area contributed by atoms with Gasteiger partial charge in [-0.05, 0) is 30.5 Å². The number of Topliss-reactive ketones (excluding diaryl/α,β-unsaturated/α-hetero) is 1. The maximum absolute atomic E-state index is 12.1. The van der Waals surface area contributed by atoms with Crippen molar-refractivity contribution in [3.63, 3.8) is 0 Å². The number of carbonyl (C=O) groups is 1. The van der Waals surface area contributed by atoms with Crippen LogP contribution in [0.3, 0.4) is 0 Å². The summed E-state index contributed by atoms with van der Waals surface area (Å²) in [5.74, 6) is 0.152. The number of halogens is 1. The van der Waals surface area contributed by atoms with Crippen molar-refractivity contribution in [2.24, 2.45) is 0 Å². The third kappa shape index (κ3) is 2.99. The van der Waals surface area contributed by atoms with E-state index in [1.165, 1.54) is 5.56 Å². The Bertz CT molecular complexity index is 546. The number of hydrogen-bond acceptors (Lipinski definition) is 1. The SMILES string of the molecule is Cc1c(Cl)cccc1C(=O)CCc1ccccc1. The molecule has 0 aliphatic rings. The highest BCUT2D eigenvalue weighted by Crippen LogP contribution is 2.20. The highest BCUT2D eigenvalue weighted by molar-refractivity contribution is 6.31. The van der Waals surface area contributed by atoms with Crippen LogP contribution in [-0.4, -0.2) is 5.78 Å². The summed E-state index contributed by atoms with van der Waals surface area (Å²) in [7, 11) is 0. The molecule has 2 aromatic carbocycles. The molecular weight excluding hydrogens is 244 g/mol. The van der Waals surface area contributed by atoms with Gasteiger partial charge in [0.25, 0.3) is 0 Å². The Balaban J connectivity index is 2.07. The van der Waals surface area contributed by atoms with Crippen LogP contribution in [-0.2, 0) is 6.42 Å². The fourth-order valence-corrected chi connectivity index (χ4v) is 2.12. The van der Waals surface area contributed by atoms with Crippen LogP contribution in [0.1, 0.15) is 27.9 Å². The summed E-state index contributed by atoms with van der Waals surface area (Å²) < 4.78 is 0. The average Bonchev–Trinajstić information content (AvgIpc) is 2.40. The molecule has 0 fully saturated rings. The number of benzene rings is 2. The van der Waals surface area contributed by atoms with Crippen LogP contribution in [0, 0.1) is 6.92 Å². The van der Waals surface area contributed by atoms with Gasteiger partial charge < -0.3 is 0 Å². The minimum atomic E-state index is 0.152. The molecule has 0 N–H and O–H groups in total. The van der Waals surface area contributed by atoms with E-state index >= 15 is 0 Å². The molecule has 92 valence electrons. The number of rotatable bonds is 4. The maximum atomic E-state index is 12.1. The molecular formula is C16H15ClO. The van der Waals surface area contributed by atoms with Gasteiger partial charge in [-0.25, -0.2) is 0 Å². The van der Waals surface area contributed by atoms with Gasteiger partial charge >= 0.3 is 0 Å². The van der Waals surface area contributed by atoms with Gasteiger partial charge in [-0.2, -0.15) is 0 Å². The van der Waals surface area contributed by atoms with Crippen LogP contribution in [0.25, 0.3) is 0 Å². The van der Waals surface area contributed by atoms with Gasteiger partial charge in [-0.15, -0.1) is 0 Å². The monoisotopic (exact) mass is 258 g/mol. The van der Waals surface area contributed by atoms with Crippen molar-refractivity contribution in [3.05, 3.63) is 70.2 Å². The second kappa shape index (κ2) is 5.83. The summed E-state index contributed by atoms with van der Waals surface area (Å²) in [6, 6.07) is 15.5. The first-order valence-corrected chi connectivity index (χ1v) is 6.38. The molecule has 0 unspecified atom stereocenters. The van der Waals surface area contributed by atoms with Crippen LogP contribution >= 0.6 is 11.6 Å². The normalized spacial score (nSPS) is 10.3. The van der Waals surface area contributed by atoms with E-state index in [4.69, 9.17) is 11.6 Å². The number of carbonyl (C=O) groups excluding carboxylic acids is 1. The molecule has 0 bridgehead atoms. The standard InChI is InChI=1S/C16H15ClO/c1-12-14(8-5-9-15(12)17)16(18)11-10-13-6-3-2-4-7-13/h2-9H,10-11H2,1H3. The zero-order chi connectivity index (χ0) is 13.0. The number of aryl methyl sites for hydroxylation is 1. The lowest BCUT2D eigenvalue weighted by Gasteiger charge is -2.06. The van der Waals surface area contributed by atoms with E-state index < -0.39 is 0 Å². The topological polar surface area (TPSA) is 17.1 Å². The number of ketones is 1. The molecule has 1 nitrogen and oxygen atoms in total. The molecule has 0 saturated heterocycles. The minimum Gasteiger partial charge on any atom is -0.294 e. The summed E-state index contributed by atoms with van der Waals surface area (Å²) in [6.07, 6.45) is 1.29. The van der Waals surface area contributed by atoms with Crippen LogP contribution in [0.4, 0.5) is 0 Å². The van der Waals surface area contributed by atoms with Gasteiger partial charge in [-0.3, -0.25) is 4.79 Å². The van der Waals surface area contributed by atoms with Gasteiger partial charge in [0.15, 0.2) is 5.78 Å². The maximum Gasteiger partial charge on any atom is 0.163 e. The van der Waals surface area contributed by atoms with E-state index in [9.17, 15) is 4.79 Å². The zero-order valence-corrected chi connectivity index (χ0v) is 11.1. The molecule has 0 aliphatic heterocycles. The van der Waals surface area contributed by atoms with Crippen molar-refractivity contribution in [2.75, 3.05) is 0 Å². The average molecular weight is 259 g/mol. The Morgan fingerprint density at radius 1 is 1.06 bits per heavy atom. The van der Waals surface area contributed by atoms with Gasteiger partial charge in [0.1, 0.15) is 0 Å². The summed E-state index contributed by atoms with van der Waals surface area (Å²) in [5.41, 5.74) is 2.79. The van der Waals surface area contributed by atoms with Crippen molar-refractivity contribution < 1.29 is 4.79 Å². The molecule has 0 atom stereocenters. The second-order valence-corrected chi connectivity index (χ2v) is 4.73. The Morgan fingerprint density at radius 2 is 1.78 bits per heavy atom. The lowest BCUT2D eigenvalue weighted by Crippen LogP contribution is -2.03. The zero-order valence-electron chi connectivity index (χ0n) is 10.3. The molecule has 2 rings (SSSR count). The van der Waals surface area contributed by atoms with E-state index in [0.717, 1.165) is 17.5 Å². The lowest BCUT2D eigenvalue weighted by molar-refractivity contribution is 0.0982. The van der Waals surface area contributed by atoms with Crippen LogP contribution < -0.4 is 0 Å². The van der Waals surface area contributed by atoms with Gasteiger partial charge in [0.2, 0.25) is 0 Å². The first-order valence-electron chi connectivity index (χ1n) is 6.00. The molecule has 2 aromatic rings. The molecule has 0 aromatic heterocycles. The molecule has 2 heteroatoms. The quantitative estimate of drug-likeness (QED) is 0.740. The van der Waals surface area contributed by atoms with E-state index in [0.29, 0.717) is 11.4 Å². The second-order valence-electron chi connectivity index (χ2n) is 4.32. The summed E-state index contributed by atoms with van der Waals surface area (Å²) in [6.45, 7) is 1.89. The molecule has 18 heavy (non-hydrogen) atoms. The fourth-order valence-electron chi connectivity index (χ4n) is 1.95. The van der Waals surface area contributed by atoms with Crippen molar-refractivity contribution in [3.8, 4) is 0 Å². The van der Waals surface area contributed by atoms with Crippen molar-refractivity contribution in [2.45, 2.75) is 19.8 Å². The third-order valence-electron chi connectivity index (χ3n) is 3.05. The Hall–Kier alpha value is -1.60. The van der Waals surface area contributed by atoms with E-state index in [-0.39, 0.29) is 5.78 Å². The molecule has 0 aliphatic carbocycles. The van der Waals surface area contributed by atoms with Gasteiger partial charge in [0.05, 0.1) is 0 Å². The Kier molecular flexibility index (Phi) is 4.16. The van der Waals surface area contributed by atoms with Crippen LogP contribution in [0.5, 0.6) is 0 Å². The van der Waals surface area contributed by atoms with Crippen LogP contribution in [0.2, 0.25) is 5.02 Å². The molecule has 0 radical (unpaired) electrons. The van der Waals surface area contributed by atoms with Crippen molar-refractivity contribution >= 4 is 17.4 Å². The van der Waals surface area contributed by atoms with Gasteiger partial charge in [0, 0.05) is 17.0 Å². The first kappa shape index (κ1) is 12.8. The highest BCUT2D eigenvalue weighted by atomic mass is 35.5. The lowest BCUT2D eigenvalue weighted by atomic mass is 9.99. The van der Waals surface area contributed by atoms with Crippen molar-refractivity contribution in [1.82, 2.24) is 0 Å². The third-order valence-corrected chi connectivity index (χ3v) is 3.46. The smallest absolute Gasteiger partial charge is 0.163 e. The predicted octanol–water partition coefficient (Wildman–Crippen LogP) is 4.46. The molecule has 0 heterocycles. The summed E-state index contributed by atoms with van der Waals surface area (Å²) in [5, 5.41) is 0.653. The Morgan fingerprint density at radius 3 is 2.50 bits per heavy atom. The molecule has 0 amide bonds. The summed E-state index contributed by atoms with van der Waals surface area (Å²) in [4.78, 5) is 12.1. The Labute approximate surface area is 112 Å². The van der Waals surface area contributed by atoms with Crippen molar-refractivity contribution in [1.29, 1.82) is 0 Å². The fraction of sp³-hybridized carbons (Fsp3) is 0.188. The summed E-state index contributed by atoms with van der Waals surface area (Å²) >= 11 is 6.02. The van der Waals surface area contributed by atoms with Crippen LogP contribution in [0.15, 0.2) is 48.5 Å². The largest absolute Gasteiger partial charge is 0.294 e. The van der Waals surface area contributed by atoms with Gasteiger partial charge in [-0.1, -0.05) is 54.1 Å². The highest BCUT2D eigenvalue weighted by Gasteiger charge is 2.10. The number of hydrogen-bond donors (Lipinski definition) is 0. The van der Waals surface area contributed by atoms with E-state index in [1.807, 2.05) is 55.5 Å². The first-order chi connectivity index (χ1) is 8.68. The van der Waals surface area contributed by atoms with E-state index in [2.05, 4.69) is 0 Å². The molecule has 0 spiro atoms. The minimum absolute atomic E-state index is 0.152. The molecule has 0 saturated carbocycles.